The number of piperidine rings is 1. The number of carbonyl (C=O) groups excluding carboxylic acids is 1. The van der Waals surface area contributed by atoms with Gasteiger partial charge in [0, 0.05) is 37.7 Å². The maximum atomic E-state index is 12.4. The van der Waals surface area contributed by atoms with Gasteiger partial charge in [0.2, 0.25) is 5.91 Å². The summed E-state index contributed by atoms with van der Waals surface area (Å²) in [6, 6.07) is 5.75. The van der Waals surface area contributed by atoms with Crippen LogP contribution in [0.1, 0.15) is 46.1 Å². The summed E-state index contributed by atoms with van der Waals surface area (Å²) < 4.78 is 10.6. The highest BCUT2D eigenvalue weighted by atomic mass is 16.5. The molecule has 0 spiro atoms. The molecule has 1 aliphatic heterocycles. The summed E-state index contributed by atoms with van der Waals surface area (Å²) in [5.74, 6) is 3.01. The summed E-state index contributed by atoms with van der Waals surface area (Å²) in [6.07, 6.45) is 2.42. The molecule has 0 bridgehead atoms. The quantitative estimate of drug-likeness (QED) is 0.754. The van der Waals surface area contributed by atoms with E-state index in [-0.39, 0.29) is 11.4 Å². The molecule has 0 aromatic heterocycles. The number of amides is 1. The molecular weight excluding hydrogens is 340 g/mol. The van der Waals surface area contributed by atoms with E-state index >= 15 is 0 Å². The fraction of sp³-hybridized carbons (Fsp3) is 0.682. The monoisotopic (exact) mass is 376 g/mol. The predicted molar refractivity (Wildman–Crippen MR) is 109 cm³/mol. The molecule has 1 aliphatic rings. The number of methoxy groups -OCH3 is 2. The van der Waals surface area contributed by atoms with Crippen LogP contribution in [0.5, 0.6) is 11.5 Å². The van der Waals surface area contributed by atoms with Gasteiger partial charge in [-0.15, -0.1) is 0 Å². The first kappa shape index (κ1) is 21.5. The number of hydrogen-bond acceptors (Lipinski definition) is 4. The van der Waals surface area contributed by atoms with Crippen molar-refractivity contribution in [2.45, 2.75) is 52.5 Å². The van der Waals surface area contributed by atoms with E-state index in [1.807, 2.05) is 18.2 Å². The van der Waals surface area contributed by atoms with Crippen molar-refractivity contribution < 1.29 is 14.3 Å². The second kappa shape index (κ2) is 9.45. The van der Waals surface area contributed by atoms with Crippen molar-refractivity contribution in [1.29, 1.82) is 0 Å². The SMILES string of the molecule is COc1cc(CCC(=O)NCC(C)(C)N2CC(C)CC(C)C2)cc(OC)c1. The maximum absolute atomic E-state index is 12.4. The second-order valence-corrected chi connectivity index (χ2v) is 8.66. The number of nitrogens with zero attached hydrogens (tertiary/aromatic N) is 1. The molecule has 1 fully saturated rings. The topological polar surface area (TPSA) is 50.8 Å². The van der Waals surface area contributed by atoms with Gasteiger partial charge in [0.1, 0.15) is 11.5 Å². The maximum Gasteiger partial charge on any atom is 0.220 e. The normalized spacial score (nSPS) is 21.0. The molecule has 1 heterocycles. The fourth-order valence-corrected chi connectivity index (χ4v) is 3.94. The Morgan fingerprint density at radius 3 is 2.19 bits per heavy atom. The third-order valence-corrected chi connectivity index (χ3v) is 5.50. The lowest BCUT2D eigenvalue weighted by Gasteiger charge is -2.45. The van der Waals surface area contributed by atoms with E-state index in [9.17, 15) is 4.79 Å². The number of rotatable bonds is 8. The number of aryl methyl sites for hydroxylation is 1. The van der Waals surface area contributed by atoms with Crippen molar-refractivity contribution >= 4 is 5.91 Å². The summed E-state index contributed by atoms with van der Waals surface area (Å²) in [5, 5.41) is 3.13. The van der Waals surface area contributed by atoms with E-state index in [1.54, 1.807) is 14.2 Å². The van der Waals surface area contributed by atoms with Gasteiger partial charge in [-0.05, 0) is 56.2 Å². The van der Waals surface area contributed by atoms with Gasteiger partial charge in [0.05, 0.1) is 14.2 Å². The molecule has 152 valence electrons. The zero-order valence-corrected chi connectivity index (χ0v) is 17.8. The molecular formula is C22H36N2O3. The van der Waals surface area contributed by atoms with Gasteiger partial charge >= 0.3 is 0 Å². The van der Waals surface area contributed by atoms with Crippen LogP contribution in [0.15, 0.2) is 18.2 Å². The van der Waals surface area contributed by atoms with Crippen LogP contribution in [0.2, 0.25) is 0 Å². The third kappa shape index (κ3) is 6.42. The van der Waals surface area contributed by atoms with Crippen LogP contribution in [-0.4, -0.2) is 50.2 Å². The minimum absolute atomic E-state index is 0.0300. The van der Waals surface area contributed by atoms with E-state index in [1.165, 1.54) is 6.42 Å². The Hall–Kier alpha value is -1.75. The molecule has 2 rings (SSSR count). The highest BCUT2D eigenvalue weighted by Gasteiger charge is 2.32. The van der Waals surface area contributed by atoms with Crippen LogP contribution in [0.25, 0.3) is 0 Å². The van der Waals surface area contributed by atoms with Gasteiger partial charge in [-0.25, -0.2) is 0 Å². The van der Waals surface area contributed by atoms with Crippen molar-refractivity contribution in [2.24, 2.45) is 11.8 Å². The van der Waals surface area contributed by atoms with Crippen LogP contribution in [0, 0.1) is 11.8 Å². The molecule has 1 N–H and O–H groups in total. The number of nitrogens with one attached hydrogen (secondary N) is 1. The average molecular weight is 377 g/mol. The summed E-state index contributed by atoms with van der Waals surface area (Å²) in [6.45, 7) is 12.0. The molecule has 27 heavy (non-hydrogen) atoms. The highest BCUT2D eigenvalue weighted by Crippen LogP contribution is 2.27. The molecule has 1 amide bonds. The van der Waals surface area contributed by atoms with E-state index in [0.717, 1.165) is 30.2 Å². The lowest BCUT2D eigenvalue weighted by atomic mass is 9.88. The number of likely N-dealkylation sites (tertiary alicyclic amines) is 1. The molecule has 0 radical (unpaired) electrons. The molecule has 2 atom stereocenters. The fourth-order valence-electron chi connectivity index (χ4n) is 3.94. The Morgan fingerprint density at radius 2 is 1.67 bits per heavy atom. The van der Waals surface area contributed by atoms with Crippen LogP contribution in [-0.2, 0) is 11.2 Å². The molecule has 1 saturated heterocycles. The van der Waals surface area contributed by atoms with Crippen molar-refractivity contribution in [3.8, 4) is 11.5 Å². The first-order valence-electron chi connectivity index (χ1n) is 9.97. The lowest BCUT2D eigenvalue weighted by molar-refractivity contribution is -0.121. The predicted octanol–water partition coefficient (Wildman–Crippen LogP) is 3.51. The second-order valence-electron chi connectivity index (χ2n) is 8.66. The number of hydrogen-bond donors (Lipinski definition) is 1. The van der Waals surface area contributed by atoms with Crippen molar-refractivity contribution in [3.63, 3.8) is 0 Å². The zero-order valence-electron chi connectivity index (χ0n) is 17.8. The summed E-state index contributed by atoms with van der Waals surface area (Å²) in [7, 11) is 3.27. The molecule has 5 heteroatoms. The van der Waals surface area contributed by atoms with E-state index in [2.05, 4.69) is 37.9 Å². The Morgan fingerprint density at radius 1 is 1.11 bits per heavy atom. The van der Waals surface area contributed by atoms with Gasteiger partial charge in [-0.2, -0.15) is 0 Å². The van der Waals surface area contributed by atoms with Gasteiger partial charge < -0.3 is 14.8 Å². The number of ether oxygens (including phenoxy) is 2. The molecule has 2 unspecified atom stereocenters. The van der Waals surface area contributed by atoms with Crippen LogP contribution in [0.4, 0.5) is 0 Å². The van der Waals surface area contributed by atoms with Crippen molar-refractivity contribution in [2.75, 3.05) is 33.9 Å². The first-order chi connectivity index (χ1) is 12.7. The van der Waals surface area contributed by atoms with Crippen LogP contribution < -0.4 is 14.8 Å². The van der Waals surface area contributed by atoms with Crippen LogP contribution >= 0.6 is 0 Å². The highest BCUT2D eigenvalue weighted by molar-refractivity contribution is 5.76. The zero-order chi connectivity index (χ0) is 20.0. The van der Waals surface area contributed by atoms with E-state index in [4.69, 9.17) is 9.47 Å². The summed E-state index contributed by atoms with van der Waals surface area (Å²) in [5.41, 5.74) is 1.01. The van der Waals surface area contributed by atoms with E-state index in [0.29, 0.717) is 31.2 Å². The largest absolute Gasteiger partial charge is 0.497 e. The molecule has 1 aromatic rings. The Balaban J connectivity index is 1.85. The Kier molecular flexibility index (Phi) is 7.54. The molecule has 0 saturated carbocycles. The van der Waals surface area contributed by atoms with Gasteiger partial charge in [-0.3, -0.25) is 9.69 Å². The number of benzene rings is 1. The first-order valence-corrected chi connectivity index (χ1v) is 9.97. The molecule has 1 aromatic carbocycles. The Bertz CT molecular complexity index is 598. The van der Waals surface area contributed by atoms with Crippen LogP contribution in [0.3, 0.4) is 0 Å². The minimum Gasteiger partial charge on any atom is -0.497 e. The minimum atomic E-state index is -0.0300. The Labute approximate surface area is 164 Å². The summed E-state index contributed by atoms with van der Waals surface area (Å²) >= 11 is 0. The van der Waals surface area contributed by atoms with E-state index < -0.39 is 0 Å². The number of carbonyl (C=O) groups is 1. The van der Waals surface area contributed by atoms with Gasteiger partial charge in [-0.1, -0.05) is 13.8 Å². The van der Waals surface area contributed by atoms with Gasteiger partial charge in [0.15, 0.2) is 0 Å². The molecule has 5 nitrogen and oxygen atoms in total. The van der Waals surface area contributed by atoms with Gasteiger partial charge in [0.25, 0.3) is 0 Å². The molecule has 0 aliphatic carbocycles. The average Bonchev–Trinajstić information content (AvgIpc) is 2.63. The summed E-state index contributed by atoms with van der Waals surface area (Å²) in [4.78, 5) is 14.9. The van der Waals surface area contributed by atoms with Crippen molar-refractivity contribution in [3.05, 3.63) is 23.8 Å². The third-order valence-electron chi connectivity index (χ3n) is 5.50. The smallest absolute Gasteiger partial charge is 0.220 e. The standard InChI is InChI=1S/C22H36N2O3/c1-16-9-17(2)14-24(13-16)22(3,4)15-23-21(25)8-7-18-10-19(26-5)12-20(11-18)27-6/h10-12,16-17H,7-9,13-15H2,1-6H3,(H,23,25). The lowest BCUT2D eigenvalue weighted by Crippen LogP contribution is -2.56. The van der Waals surface area contributed by atoms with Crippen molar-refractivity contribution in [1.82, 2.24) is 10.2 Å².